The monoisotopic (exact) mass is 326 g/mol. The molecule has 5 nitrogen and oxygen atoms in total. The van der Waals surface area contributed by atoms with Gasteiger partial charge in [0.25, 0.3) is 0 Å². The molecule has 1 aromatic heterocycles. The van der Waals surface area contributed by atoms with Crippen LogP contribution in [0.25, 0.3) is 0 Å². The van der Waals surface area contributed by atoms with Crippen molar-refractivity contribution >= 4 is 12.2 Å². The van der Waals surface area contributed by atoms with Crippen molar-refractivity contribution in [2.45, 2.75) is 26.4 Å². The highest BCUT2D eigenvalue weighted by molar-refractivity contribution is 5.84. The molecule has 2 aromatic rings. The molecule has 0 aliphatic carbocycles. The third kappa shape index (κ3) is 4.24. The van der Waals surface area contributed by atoms with Crippen molar-refractivity contribution in [1.82, 2.24) is 9.66 Å². The lowest BCUT2D eigenvalue weighted by molar-refractivity contribution is -0.137. The third-order valence-electron chi connectivity index (χ3n) is 2.95. The lowest BCUT2D eigenvalue weighted by Crippen LogP contribution is -2.07. The molecule has 1 heterocycles. The van der Waals surface area contributed by atoms with Gasteiger partial charge in [0.05, 0.1) is 30.3 Å². The molecule has 0 spiro atoms. The molecule has 0 aliphatic rings. The van der Waals surface area contributed by atoms with Crippen LogP contribution in [0.3, 0.4) is 0 Å². The molecular formula is C15H17F3N4O. The number of imidazole rings is 1. The van der Waals surface area contributed by atoms with Gasteiger partial charge in [-0.1, -0.05) is 6.92 Å². The fraction of sp³-hybridized carbons (Fsp3) is 0.333. The zero-order valence-corrected chi connectivity index (χ0v) is 12.8. The lowest BCUT2D eigenvalue weighted by atomic mass is 10.1. The third-order valence-corrected chi connectivity index (χ3v) is 2.95. The van der Waals surface area contributed by atoms with Crippen molar-refractivity contribution in [3.63, 3.8) is 0 Å². The Hall–Kier alpha value is -2.51. The Balaban J connectivity index is 2.38. The van der Waals surface area contributed by atoms with E-state index in [9.17, 15) is 13.2 Å². The number of rotatable bonds is 5. The number of ether oxygens (including phenoxy) is 1. The smallest absolute Gasteiger partial charge is 0.416 e. The minimum atomic E-state index is -4.43. The first kappa shape index (κ1) is 16.9. The normalized spacial score (nSPS) is 12.0. The summed E-state index contributed by atoms with van der Waals surface area (Å²) in [6, 6.07) is 3.27. The minimum Gasteiger partial charge on any atom is -0.493 e. The zero-order valence-electron chi connectivity index (χ0n) is 12.8. The largest absolute Gasteiger partial charge is 0.493 e. The number of hydrogen-bond acceptors (Lipinski definition) is 4. The Kier molecular flexibility index (Phi) is 4.92. The molecule has 8 heteroatoms. The first-order valence-corrected chi connectivity index (χ1v) is 7.01. The van der Waals surface area contributed by atoms with Crippen LogP contribution in [0.15, 0.2) is 29.5 Å². The van der Waals surface area contributed by atoms with Crippen molar-refractivity contribution in [2.75, 3.05) is 12.3 Å². The number of aromatic nitrogens is 2. The number of halogens is 3. The van der Waals surface area contributed by atoms with Crippen LogP contribution in [0, 0.1) is 6.92 Å². The molecule has 0 bridgehead atoms. The number of benzene rings is 1. The summed E-state index contributed by atoms with van der Waals surface area (Å²) in [5, 5.41) is 4.05. The highest BCUT2D eigenvalue weighted by atomic mass is 19.4. The molecule has 0 amide bonds. The summed E-state index contributed by atoms with van der Waals surface area (Å²) in [5.41, 5.74) is 5.76. The molecule has 0 saturated carbocycles. The molecule has 0 atom stereocenters. The SMILES string of the molecule is CCCOc1ccc(C(F)(F)F)cc1C=Nn1cc(C)nc1N. The Labute approximate surface area is 131 Å². The molecule has 2 rings (SSSR count). The second kappa shape index (κ2) is 6.72. The zero-order chi connectivity index (χ0) is 17.0. The first-order chi connectivity index (χ1) is 10.8. The van der Waals surface area contributed by atoms with Crippen LogP contribution < -0.4 is 10.5 Å². The molecule has 124 valence electrons. The van der Waals surface area contributed by atoms with Crippen LogP contribution in [0.4, 0.5) is 19.1 Å². The van der Waals surface area contributed by atoms with Crippen molar-refractivity contribution in [3.8, 4) is 5.75 Å². The summed E-state index contributed by atoms with van der Waals surface area (Å²) in [5.74, 6) is 0.487. The van der Waals surface area contributed by atoms with Gasteiger partial charge < -0.3 is 10.5 Å². The molecule has 1 aromatic carbocycles. The maximum absolute atomic E-state index is 12.9. The predicted octanol–water partition coefficient (Wildman–Crippen LogP) is 3.46. The van der Waals surface area contributed by atoms with E-state index in [0.29, 0.717) is 18.1 Å². The number of alkyl halides is 3. The van der Waals surface area contributed by atoms with Crippen LogP contribution in [0.1, 0.15) is 30.2 Å². The summed E-state index contributed by atoms with van der Waals surface area (Å²) in [4.78, 5) is 3.97. The average molecular weight is 326 g/mol. The molecule has 0 unspecified atom stereocenters. The molecule has 23 heavy (non-hydrogen) atoms. The molecule has 0 radical (unpaired) electrons. The second-order valence-corrected chi connectivity index (χ2v) is 4.93. The first-order valence-electron chi connectivity index (χ1n) is 7.01. The quantitative estimate of drug-likeness (QED) is 0.856. The topological polar surface area (TPSA) is 65.4 Å². The van der Waals surface area contributed by atoms with E-state index in [0.717, 1.165) is 18.6 Å². The van der Waals surface area contributed by atoms with Gasteiger partial charge in [-0.2, -0.15) is 18.3 Å². The van der Waals surface area contributed by atoms with Crippen LogP contribution in [0.5, 0.6) is 5.75 Å². The average Bonchev–Trinajstić information content (AvgIpc) is 2.80. The van der Waals surface area contributed by atoms with E-state index < -0.39 is 11.7 Å². The van der Waals surface area contributed by atoms with Crippen LogP contribution in [-0.4, -0.2) is 22.5 Å². The summed E-state index contributed by atoms with van der Waals surface area (Å²) in [7, 11) is 0. The van der Waals surface area contributed by atoms with Gasteiger partial charge in [-0.3, -0.25) is 0 Å². The van der Waals surface area contributed by atoms with Gasteiger partial charge in [0.15, 0.2) is 0 Å². The standard InChI is InChI=1S/C15H17F3N4O/c1-3-6-23-13-5-4-12(15(16,17)18)7-11(13)8-20-22-9-10(2)21-14(22)19/h4-5,7-9H,3,6H2,1-2H3,(H2,19,21). The van der Waals surface area contributed by atoms with Crippen LogP contribution >= 0.6 is 0 Å². The summed E-state index contributed by atoms with van der Waals surface area (Å²) >= 11 is 0. The van der Waals surface area contributed by atoms with Gasteiger partial charge in [0.2, 0.25) is 5.95 Å². The predicted molar refractivity (Wildman–Crippen MR) is 81.6 cm³/mol. The highest BCUT2D eigenvalue weighted by Crippen LogP contribution is 2.32. The summed E-state index contributed by atoms with van der Waals surface area (Å²) < 4.78 is 45.3. The van der Waals surface area contributed by atoms with Crippen LogP contribution in [0.2, 0.25) is 0 Å². The van der Waals surface area contributed by atoms with Gasteiger partial charge in [-0.05, 0) is 31.5 Å². The number of nitrogens with zero attached hydrogens (tertiary/aromatic N) is 3. The Morgan fingerprint density at radius 3 is 2.70 bits per heavy atom. The van der Waals surface area contributed by atoms with E-state index in [-0.39, 0.29) is 11.5 Å². The van der Waals surface area contributed by atoms with Crippen molar-refractivity contribution < 1.29 is 17.9 Å². The van der Waals surface area contributed by atoms with E-state index in [1.54, 1.807) is 13.1 Å². The second-order valence-electron chi connectivity index (χ2n) is 4.93. The molecular weight excluding hydrogens is 309 g/mol. The van der Waals surface area contributed by atoms with Crippen molar-refractivity contribution in [3.05, 3.63) is 41.2 Å². The van der Waals surface area contributed by atoms with E-state index in [1.165, 1.54) is 17.0 Å². The Bertz CT molecular complexity index is 707. The molecule has 0 fully saturated rings. The summed E-state index contributed by atoms with van der Waals surface area (Å²) in [6.45, 7) is 4.05. The Morgan fingerprint density at radius 2 is 2.13 bits per heavy atom. The fourth-order valence-electron chi connectivity index (χ4n) is 1.89. The van der Waals surface area contributed by atoms with Gasteiger partial charge >= 0.3 is 6.18 Å². The lowest BCUT2D eigenvalue weighted by Gasteiger charge is -2.12. The number of nitrogen functional groups attached to an aromatic ring is 1. The number of nitrogens with two attached hydrogens (primary N) is 1. The van der Waals surface area contributed by atoms with Gasteiger partial charge in [0, 0.05) is 5.56 Å². The van der Waals surface area contributed by atoms with Gasteiger partial charge in [-0.15, -0.1) is 0 Å². The Morgan fingerprint density at radius 1 is 1.39 bits per heavy atom. The fourth-order valence-corrected chi connectivity index (χ4v) is 1.89. The maximum Gasteiger partial charge on any atom is 0.416 e. The van der Waals surface area contributed by atoms with Crippen LogP contribution in [-0.2, 0) is 6.18 Å². The van der Waals surface area contributed by atoms with Crippen molar-refractivity contribution in [1.29, 1.82) is 0 Å². The molecule has 0 saturated heterocycles. The highest BCUT2D eigenvalue weighted by Gasteiger charge is 2.31. The number of aryl methyl sites for hydroxylation is 1. The summed E-state index contributed by atoms with van der Waals surface area (Å²) in [6.07, 6.45) is -0.842. The van der Waals surface area contributed by atoms with E-state index in [4.69, 9.17) is 10.5 Å². The van der Waals surface area contributed by atoms with E-state index in [1.807, 2.05) is 6.92 Å². The van der Waals surface area contributed by atoms with Crippen molar-refractivity contribution in [2.24, 2.45) is 5.10 Å². The maximum atomic E-state index is 12.9. The minimum absolute atomic E-state index is 0.154. The molecule has 0 aliphatic heterocycles. The molecule has 2 N–H and O–H groups in total. The number of hydrogen-bond donors (Lipinski definition) is 1. The number of anilines is 1. The van der Waals surface area contributed by atoms with E-state index >= 15 is 0 Å². The van der Waals surface area contributed by atoms with Gasteiger partial charge in [-0.25, -0.2) is 9.66 Å². The van der Waals surface area contributed by atoms with E-state index in [2.05, 4.69) is 10.1 Å². The van der Waals surface area contributed by atoms with Gasteiger partial charge in [0.1, 0.15) is 5.75 Å².